The predicted octanol–water partition coefficient (Wildman–Crippen LogP) is 6.46. The van der Waals surface area contributed by atoms with Crippen molar-refractivity contribution in [2.24, 2.45) is 0 Å². The van der Waals surface area contributed by atoms with Crippen molar-refractivity contribution in [2.45, 2.75) is 50.8 Å². The van der Waals surface area contributed by atoms with Gasteiger partial charge in [0.05, 0.1) is 22.7 Å². The van der Waals surface area contributed by atoms with Crippen LogP contribution in [0.3, 0.4) is 0 Å². The molecule has 0 unspecified atom stereocenters. The number of nitrogens with zero attached hydrogens (tertiary/aromatic N) is 3. The number of aryl methyl sites for hydroxylation is 1. The van der Waals surface area contributed by atoms with Crippen molar-refractivity contribution in [1.29, 1.82) is 0 Å². The van der Waals surface area contributed by atoms with Gasteiger partial charge in [-0.1, -0.05) is 49.6 Å². The number of nitrogens with one attached hydrogen (secondary N) is 2. The molecule has 0 bridgehead atoms. The van der Waals surface area contributed by atoms with Crippen molar-refractivity contribution in [3.8, 4) is 22.9 Å². The number of pyridine rings is 1. The maximum absolute atomic E-state index is 15.2. The molecule has 0 aliphatic heterocycles. The number of halogens is 1. The van der Waals surface area contributed by atoms with Gasteiger partial charge in [-0.05, 0) is 55.2 Å². The molecular weight excluding hydrogens is 517 g/mol. The summed E-state index contributed by atoms with van der Waals surface area (Å²) in [5, 5.41) is 3.42. The van der Waals surface area contributed by atoms with Gasteiger partial charge in [0.15, 0.2) is 11.6 Å². The fourth-order valence-electron chi connectivity index (χ4n) is 4.70. The van der Waals surface area contributed by atoms with Crippen LogP contribution in [0.15, 0.2) is 73.1 Å². The van der Waals surface area contributed by atoms with Crippen LogP contribution in [0.25, 0.3) is 11.3 Å². The minimum atomic E-state index is -3.74. The highest BCUT2D eigenvalue weighted by Gasteiger charge is 2.19. The molecule has 2 N–H and O–H groups in total. The van der Waals surface area contributed by atoms with E-state index >= 15 is 4.39 Å². The van der Waals surface area contributed by atoms with Crippen molar-refractivity contribution in [3.05, 3.63) is 90.0 Å². The van der Waals surface area contributed by atoms with Gasteiger partial charge in [-0.25, -0.2) is 27.8 Å². The molecule has 0 spiro atoms. The Balaban J connectivity index is 1.35. The Hall–Kier alpha value is -4.05. The van der Waals surface area contributed by atoms with E-state index in [2.05, 4.69) is 25.0 Å². The molecule has 0 amide bonds. The molecule has 1 fully saturated rings. The minimum Gasteiger partial charge on any atom is -0.435 e. The molecule has 2 aromatic carbocycles. The van der Waals surface area contributed by atoms with Crippen LogP contribution >= 0.6 is 0 Å². The van der Waals surface area contributed by atoms with Crippen LogP contribution in [0.1, 0.15) is 43.2 Å². The van der Waals surface area contributed by atoms with Crippen molar-refractivity contribution >= 4 is 21.7 Å². The summed E-state index contributed by atoms with van der Waals surface area (Å²) in [6.07, 6.45) is 9.04. The van der Waals surface area contributed by atoms with Gasteiger partial charge < -0.3 is 10.1 Å². The Morgan fingerprint density at radius 1 is 0.974 bits per heavy atom. The second-order valence-electron chi connectivity index (χ2n) is 9.65. The normalized spacial score (nSPS) is 14.1. The van der Waals surface area contributed by atoms with Crippen molar-refractivity contribution < 1.29 is 17.5 Å². The first-order chi connectivity index (χ1) is 18.9. The van der Waals surface area contributed by atoms with Crippen LogP contribution in [0.2, 0.25) is 0 Å². The number of ether oxygens (including phenoxy) is 1. The van der Waals surface area contributed by atoms with Crippen LogP contribution in [0, 0.1) is 12.7 Å². The van der Waals surface area contributed by atoms with E-state index in [4.69, 9.17) is 4.74 Å². The third-order valence-corrected chi connectivity index (χ3v) is 7.80. The average molecular weight is 548 g/mol. The summed E-state index contributed by atoms with van der Waals surface area (Å²) >= 11 is 0. The topological polar surface area (TPSA) is 106 Å². The molecule has 1 aliphatic rings. The molecule has 5 rings (SSSR count). The fraction of sp³-hybridized carbons (Fsp3) is 0.276. The highest BCUT2D eigenvalue weighted by molar-refractivity contribution is 7.91. The number of hydrogen-bond donors (Lipinski definition) is 2. The number of anilines is 2. The standard InChI is InChI=1S/C29H30FN5O3S/c1-20-17-23(35-39(36,37)19-21-9-4-2-5-10-21)18-25(30)27(20)38-28-24(13-8-15-31-28)26-14-16-32-29(34-26)33-22-11-6-3-7-12-22/h2,4-5,8-10,13-18,22,35H,3,6-7,11-12,19H2,1H3,(H,32,33,34). The molecule has 0 saturated heterocycles. The van der Waals surface area contributed by atoms with Gasteiger partial charge in [0.2, 0.25) is 21.9 Å². The van der Waals surface area contributed by atoms with E-state index in [1.807, 2.05) is 6.07 Å². The maximum Gasteiger partial charge on any atom is 0.236 e. The summed E-state index contributed by atoms with van der Waals surface area (Å²) in [5.74, 6) is -0.273. The number of rotatable bonds is 9. The Labute approximate surface area is 227 Å². The summed E-state index contributed by atoms with van der Waals surface area (Å²) in [7, 11) is -3.74. The van der Waals surface area contributed by atoms with E-state index in [0.717, 1.165) is 18.9 Å². The molecule has 39 heavy (non-hydrogen) atoms. The lowest BCUT2D eigenvalue weighted by molar-refractivity contribution is 0.426. The van der Waals surface area contributed by atoms with E-state index in [0.29, 0.717) is 34.4 Å². The second-order valence-corrected chi connectivity index (χ2v) is 11.4. The minimum absolute atomic E-state index is 0.0458. The first kappa shape index (κ1) is 26.6. The van der Waals surface area contributed by atoms with Gasteiger partial charge in [0.1, 0.15) is 0 Å². The molecule has 2 aromatic heterocycles. The first-order valence-corrected chi connectivity index (χ1v) is 14.6. The first-order valence-electron chi connectivity index (χ1n) is 12.9. The van der Waals surface area contributed by atoms with Gasteiger partial charge in [0.25, 0.3) is 0 Å². The molecule has 4 aromatic rings. The van der Waals surface area contributed by atoms with Crippen molar-refractivity contribution in [3.63, 3.8) is 0 Å². The quantitative estimate of drug-likeness (QED) is 0.248. The van der Waals surface area contributed by atoms with Crippen LogP contribution in [0.5, 0.6) is 11.6 Å². The fourth-order valence-corrected chi connectivity index (χ4v) is 5.88. The van der Waals surface area contributed by atoms with E-state index in [1.165, 1.54) is 25.3 Å². The Bertz CT molecular complexity index is 1520. The van der Waals surface area contributed by atoms with Gasteiger partial charge in [-0.15, -0.1) is 0 Å². The molecule has 1 aliphatic carbocycles. The zero-order chi connectivity index (χ0) is 27.2. The lowest BCUT2D eigenvalue weighted by Crippen LogP contribution is -2.23. The third-order valence-electron chi connectivity index (χ3n) is 6.54. The average Bonchev–Trinajstić information content (AvgIpc) is 2.92. The van der Waals surface area contributed by atoms with Crippen LogP contribution in [-0.4, -0.2) is 29.4 Å². The van der Waals surface area contributed by atoms with Crippen molar-refractivity contribution in [1.82, 2.24) is 15.0 Å². The third kappa shape index (κ3) is 6.88. The molecule has 10 heteroatoms. The Morgan fingerprint density at radius 3 is 2.54 bits per heavy atom. The summed E-state index contributed by atoms with van der Waals surface area (Å²) in [5.41, 5.74) is 2.33. The van der Waals surface area contributed by atoms with Crippen molar-refractivity contribution in [2.75, 3.05) is 10.0 Å². The molecular formula is C29H30FN5O3S. The predicted molar refractivity (Wildman–Crippen MR) is 150 cm³/mol. The molecule has 0 radical (unpaired) electrons. The highest BCUT2D eigenvalue weighted by Crippen LogP contribution is 2.35. The van der Waals surface area contributed by atoms with E-state index < -0.39 is 15.8 Å². The molecule has 1 saturated carbocycles. The lowest BCUT2D eigenvalue weighted by atomic mass is 9.96. The van der Waals surface area contributed by atoms with E-state index in [9.17, 15) is 8.42 Å². The summed E-state index contributed by atoms with van der Waals surface area (Å²) in [6, 6.07) is 17.1. The molecule has 202 valence electrons. The summed E-state index contributed by atoms with van der Waals surface area (Å²) in [4.78, 5) is 13.4. The van der Waals surface area contributed by atoms with Crippen LogP contribution in [0.4, 0.5) is 16.0 Å². The van der Waals surface area contributed by atoms with E-state index in [-0.39, 0.29) is 23.1 Å². The number of aromatic nitrogens is 3. The number of hydrogen-bond acceptors (Lipinski definition) is 7. The van der Waals surface area contributed by atoms with Gasteiger partial charge in [0, 0.05) is 24.5 Å². The maximum atomic E-state index is 15.2. The van der Waals surface area contributed by atoms with Gasteiger partial charge in [-0.2, -0.15) is 0 Å². The monoisotopic (exact) mass is 547 g/mol. The summed E-state index contributed by atoms with van der Waals surface area (Å²) in [6.45, 7) is 1.65. The molecule has 2 heterocycles. The lowest BCUT2D eigenvalue weighted by Gasteiger charge is -2.22. The second kappa shape index (κ2) is 11.8. The van der Waals surface area contributed by atoms with Crippen LogP contribution < -0.4 is 14.8 Å². The van der Waals surface area contributed by atoms with Gasteiger partial charge in [-0.3, -0.25) is 4.72 Å². The Kier molecular flexibility index (Phi) is 8.02. The molecule has 8 nitrogen and oxygen atoms in total. The zero-order valence-electron chi connectivity index (χ0n) is 21.6. The number of benzene rings is 2. The SMILES string of the molecule is Cc1cc(NS(=O)(=O)Cc2ccccc2)cc(F)c1Oc1ncccc1-c1ccnc(NC2CCCCC2)n1. The Morgan fingerprint density at radius 2 is 1.77 bits per heavy atom. The smallest absolute Gasteiger partial charge is 0.236 e. The van der Waals surface area contributed by atoms with Crippen LogP contribution in [-0.2, 0) is 15.8 Å². The van der Waals surface area contributed by atoms with Gasteiger partial charge >= 0.3 is 0 Å². The van der Waals surface area contributed by atoms with E-state index in [1.54, 1.807) is 61.8 Å². The zero-order valence-corrected chi connectivity index (χ0v) is 22.4. The highest BCUT2D eigenvalue weighted by atomic mass is 32.2. The largest absolute Gasteiger partial charge is 0.435 e. The number of sulfonamides is 1. The summed E-state index contributed by atoms with van der Waals surface area (Å²) < 4.78 is 48.9. The molecule has 0 atom stereocenters.